The fourth-order valence-electron chi connectivity index (χ4n) is 1.38. The van der Waals surface area contributed by atoms with Gasteiger partial charge in [-0.25, -0.2) is 15.0 Å². The van der Waals surface area contributed by atoms with Crippen molar-refractivity contribution in [2.75, 3.05) is 7.11 Å². The summed E-state index contributed by atoms with van der Waals surface area (Å²) in [6, 6.07) is 0. The lowest BCUT2D eigenvalue weighted by Crippen LogP contribution is -2.02. The van der Waals surface area contributed by atoms with Gasteiger partial charge < -0.3 is 9.30 Å². The molecule has 0 unspecified atom stereocenters. The summed E-state index contributed by atoms with van der Waals surface area (Å²) in [6.07, 6.45) is 3.38. The van der Waals surface area contributed by atoms with Crippen LogP contribution in [0.3, 0.4) is 0 Å². The molecule has 0 aromatic carbocycles. The van der Waals surface area contributed by atoms with Gasteiger partial charge in [-0.2, -0.15) is 0 Å². The van der Waals surface area contributed by atoms with Crippen molar-refractivity contribution < 1.29 is 4.74 Å². The standard InChI is InChI=1S/C10H10BrClN4O/c1-16-5-13-3-7(16)10-14-6(4-17-2)8(11)9(12)15-10/h3,5H,4H2,1-2H3. The zero-order valence-electron chi connectivity index (χ0n) is 9.31. The first-order valence-corrected chi connectivity index (χ1v) is 5.98. The number of aromatic nitrogens is 4. The maximum absolute atomic E-state index is 6.04. The van der Waals surface area contributed by atoms with Crippen LogP contribution in [0.4, 0.5) is 0 Å². The van der Waals surface area contributed by atoms with E-state index in [1.54, 1.807) is 19.6 Å². The number of aryl methyl sites for hydroxylation is 1. The van der Waals surface area contributed by atoms with Gasteiger partial charge >= 0.3 is 0 Å². The van der Waals surface area contributed by atoms with E-state index < -0.39 is 0 Å². The summed E-state index contributed by atoms with van der Waals surface area (Å²) in [7, 11) is 3.48. The first-order chi connectivity index (χ1) is 8.13. The minimum Gasteiger partial charge on any atom is -0.378 e. The minimum absolute atomic E-state index is 0.364. The summed E-state index contributed by atoms with van der Waals surface area (Å²) in [5.74, 6) is 0.533. The van der Waals surface area contributed by atoms with Crippen LogP contribution in [0.25, 0.3) is 11.5 Å². The van der Waals surface area contributed by atoms with E-state index in [1.165, 1.54) is 0 Å². The van der Waals surface area contributed by atoms with Crippen LogP contribution in [0.15, 0.2) is 17.0 Å². The molecule has 2 heterocycles. The summed E-state index contributed by atoms with van der Waals surface area (Å²) in [6.45, 7) is 0.369. The quantitative estimate of drug-likeness (QED) is 0.816. The predicted molar refractivity (Wildman–Crippen MR) is 67.7 cm³/mol. The van der Waals surface area contributed by atoms with Gasteiger partial charge in [0.05, 0.1) is 29.3 Å². The van der Waals surface area contributed by atoms with Crippen molar-refractivity contribution >= 4 is 27.5 Å². The molecule has 90 valence electrons. The number of methoxy groups -OCH3 is 1. The van der Waals surface area contributed by atoms with E-state index in [-0.39, 0.29) is 0 Å². The molecule has 2 aromatic heterocycles. The maximum Gasteiger partial charge on any atom is 0.179 e. The highest BCUT2D eigenvalue weighted by molar-refractivity contribution is 9.10. The Morgan fingerprint density at radius 2 is 2.24 bits per heavy atom. The highest BCUT2D eigenvalue weighted by Crippen LogP contribution is 2.27. The summed E-state index contributed by atoms with van der Waals surface area (Å²) in [5.41, 5.74) is 1.51. The van der Waals surface area contributed by atoms with Crippen LogP contribution in [-0.2, 0) is 18.4 Å². The van der Waals surface area contributed by atoms with Crippen molar-refractivity contribution in [3.8, 4) is 11.5 Å². The molecule has 2 aromatic rings. The number of hydrogen-bond acceptors (Lipinski definition) is 4. The van der Waals surface area contributed by atoms with Crippen LogP contribution in [0.1, 0.15) is 5.69 Å². The normalized spacial score (nSPS) is 10.8. The molecule has 0 N–H and O–H groups in total. The van der Waals surface area contributed by atoms with Crippen LogP contribution in [0.5, 0.6) is 0 Å². The fourth-order valence-corrected chi connectivity index (χ4v) is 1.86. The SMILES string of the molecule is COCc1nc(-c2cncn2C)nc(Cl)c1Br. The molecule has 0 saturated carbocycles. The average molecular weight is 318 g/mol. The zero-order chi connectivity index (χ0) is 12.4. The molecule has 0 fully saturated rings. The van der Waals surface area contributed by atoms with Crippen molar-refractivity contribution in [2.24, 2.45) is 7.05 Å². The molecule has 0 spiro atoms. The van der Waals surface area contributed by atoms with Gasteiger partial charge in [0.25, 0.3) is 0 Å². The molecule has 0 aliphatic rings. The fraction of sp³-hybridized carbons (Fsp3) is 0.300. The Morgan fingerprint density at radius 3 is 2.82 bits per heavy atom. The van der Waals surface area contributed by atoms with Crippen molar-refractivity contribution in [1.82, 2.24) is 19.5 Å². The summed E-state index contributed by atoms with van der Waals surface area (Å²) in [5, 5.41) is 0.364. The molecule has 2 rings (SSSR count). The Kier molecular flexibility index (Phi) is 3.76. The van der Waals surface area contributed by atoms with E-state index in [4.69, 9.17) is 16.3 Å². The van der Waals surface area contributed by atoms with Crippen molar-refractivity contribution in [3.63, 3.8) is 0 Å². The summed E-state index contributed by atoms with van der Waals surface area (Å²) < 4.78 is 7.55. The number of nitrogens with zero attached hydrogens (tertiary/aromatic N) is 4. The minimum atomic E-state index is 0.364. The van der Waals surface area contributed by atoms with Crippen LogP contribution >= 0.6 is 27.5 Å². The number of rotatable bonds is 3. The molecule has 0 bridgehead atoms. The number of ether oxygens (including phenoxy) is 1. The Labute approximate surface area is 112 Å². The molecule has 0 atom stereocenters. The molecule has 7 heteroatoms. The lowest BCUT2D eigenvalue weighted by Gasteiger charge is -2.07. The monoisotopic (exact) mass is 316 g/mol. The Hall–Kier alpha value is -0.980. The predicted octanol–water partition coefficient (Wildman–Crippen LogP) is 2.44. The second-order valence-corrected chi connectivity index (χ2v) is 4.57. The second-order valence-electron chi connectivity index (χ2n) is 3.42. The Morgan fingerprint density at radius 1 is 1.47 bits per heavy atom. The largest absolute Gasteiger partial charge is 0.378 e. The number of halogens is 2. The highest BCUT2D eigenvalue weighted by atomic mass is 79.9. The molecule has 17 heavy (non-hydrogen) atoms. The van der Waals surface area contributed by atoms with E-state index in [2.05, 4.69) is 30.9 Å². The molecule has 5 nitrogen and oxygen atoms in total. The van der Waals surface area contributed by atoms with Gasteiger partial charge in [-0.15, -0.1) is 0 Å². The maximum atomic E-state index is 6.04. The molecule has 0 radical (unpaired) electrons. The van der Waals surface area contributed by atoms with Gasteiger partial charge in [0, 0.05) is 14.2 Å². The second kappa shape index (κ2) is 5.12. The average Bonchev–Trinajstić information content (AvgIpc) is 2.71. The third-order valence-electron chi connectivity index (χ3n) is 2.21. The van der Waals surface area contributed by atoms with Crippen molar-refractivity contribution in [1.29, 1.82) is 0 Å². The van der Waals surface area contributed by atoms with Gasteiger partial charge in [-0.05, 0) is 15.9 Å². The van der Waals surface area contributed by atoms with Gasteiger partial charge in [0.2, 0.25) is 0 Å². The molecule has 0 aliphatic carbocycles. The summed E-state index contributed by atoms with van der Waals surface area (Å²) in [4.78, 5) is 12.6. The first-order valence-electron chi connectivity index (χ1n) is 4.81. The van der Waals surface area contributed by atoms with Crippen LogP contribution in [0, 0.1) is 0 Å². The van der Waals surface area contributed by atoms with Crippen LogP contribution in [0.2, 0.25) is 5.15 Å². The molecule has 0 amide bonds. The Bertz CT molecular complexity index is 543. The van der Waals surface area contributed by atoms with E-state index in [1.807, 2.05) is 11.6 Å². The lowest BCUT2D eigenvalue weighted by atomic mass is 10.3. The van der Waals surface area contributed by atoms with E-state index in [0.717, 1.165) is 5.69 Å². The number of imidazole rings is 1. The van der Waals surface area contributed by atoms with Gasteiger partial charge in [0.15, 0.2) is 5.82 Å². The lowest BCUT2D eigenvalue weighted by molar-refractivity contribution is 0.181. The zero-order valence-corrected chi connectivity index (χ0v) is 11.7. The smallest absolute Gasteiger partial charge is 0.179 e. The van der Waals surface area contributed by atoms with Crippen molar-refractivity contribution in [2.45, 2.75) is 6.61 Å². The van der Waals surface area contributed by atoms with E-state index in [0.29, 0.717) is 27.8 Å². The summed E-state index contributed by atoms with van der Waals surface area (Å²) >= 11 is 9.38. The topological polar surface area (TPSA) is 52.8 Å². The third-order valence-corrected chi connectivity index (χ3v) is 3.54. The third kappa shape index (κ3) is 2.48. The highest BCUT2D eigenvalue weighted by Gasteiger charge is 2.13. The van der Waals surface area contributed by atoms with E-state index in [9.17, 15) is 0 Å². The van der Waals surface area contributed by atoms with Crippen LogP contribution in [-0.4, -0.2) is 26.6 Å². The number of hydrogen-bond donors (Lipinski definition) is 0. The molecular weight excluding hydrogens is 307 g/mol. The van der Waals surface area contributed by atoms with Gasteiger partial charge in [-0.3, -0.25) is 0 Å². The van der Waals surface area contributed by atoms with Gasteiger partial charge in [0.1, 0.15) is 10.8 Å². The van der Waals surface area contributed by atoms with Gasteiger partial charge in [-0.1, -0.05) is 11.6 Å². The first kappa shape index (κ1) is 12.5. The Balaban J connectivity index is 2.53. The van der Waals surface area contributed by atoms with Crippen molar-refractivity contribution in [3.05, 3.63) is 27.8 Å². The molecular formula is C10H10BrClN4O. The molecule has 0 saturated heterocycles. The van der Waals surface area contributed by atoms with Crippen LogP contribution < -0.4 is 0 Å². The van der Waals surface area contributed by atoms with E-state index >= 15 is 0 Å². The molecule has 0 aliphatic heterocycles.